The van der Waals surface area contributed by atoms with Gasteiger partial charge in [0.2, 0.25) is 0 Å². The fourth-order valence-corrected chi connectivity index (χ4v) is 2.52. The number of carbonyl (C=O) groups is 4. The van der Waals surface area contributed by atoms with E-state index in [4.69, 9.17) is 30.6 Å². The van der Waals surface area contributed by atoms with E-state index in [1.165, 1.54) is 6.92 Å². The van der Waals surface area contributed by atoms with Gasteiger partial charge >= 0.3 is 23.9 Å². The second-order valence-electron chi connectivity index (χ2n) is 7.85. The number of hydrogen-bond acceptors (Lipinski definition) is 6. The van der Waals surface area contributed by atoms with Crippen molar-refractivity contribution in [2.75, 3.05) is 6.61 Å². The van der Waals surface area contributed by atoms with Crippen LogP contribution in [0.15, 0.2) is 0 Å². The van der Waals surface area contributed by atoms with E-state index in [-0.39, 0.29) is 32.3 Å². The largest absolute Gasteiger partial charge is 0.481 e. The molecule has 0 aliphatic heterocycles. The standard InChI is InChI=1S/2C10H18O4.C3H8O2/c2*11-9(12)7-5-3-1-2-4-6-8-10(13)14;1-3(5)2-4/h2*1-8H2,(H,11,12)(H,13,14);3-5H,2H2,1H3. The van der Waals surface area contributed by atoms with Gasteiger partial charge in [0.1, 0.15) is 0 Å². The highest BCUT2D eigenvalue weighted by Crippen LogP contribution is 2.09. The van der Waals surface area contributed by atoms with E-state index < -0.39 is 30.0 Å². The Balaban J connectivity index is -0.000000453. The number of rotatable bonds is 19. The molecule has 33 heavy (non-hydrogen) atoms. The highest BCUT2D eigenvalue weighted by molar-refractivity contribution is 5.67. The molecule has 0 spiro atoms. The molecule has 6 N–H and O–H groups in total. The van der Waals surface area contributed by atoms with E-state index in [1.807, 2.05) is 0 Å². The van der Waals surface area contributed by atoms with Gasteiger partial charge in [-0.2, -0.15) is 0 Å². The van der Waals surface area contributed by atoms with Crippen LogP contribution in [0.25, 0.3) is 0 Å². The molecular formula is C23H44O10. The van der Waals surface area contributed by atoms with Crippen LogP contribution in [0.4, 0.5) is 0 Å². The summed E-state index contributed by atoms with van der Waals surface area (Å²) in [5.41, 5.74) is 0. The van der Waals surface area contributed by atoms with Gasteiger partial charge in [0, 0.05) is 25.7 Å². The van der Waals surface area contributed by atoms with Crippen molar-refractivity contribution >= 4 is 23.9 Å². The molecule has 0 aromatic carbocycles. The second kappa shape index (κ2) is 27.8. The molecule has 10 heteroatoms. The van der Waals surface area contributed by atoms with Crippen molar-refractivity contribution in [2.24, 2.45) is 0 Å². The Kier molecular flexibility index (Phi) is 29.9. The van der Waals surface area contributed by atoms with Gasteiger partial charge in [-0.25, -0.2) is 0 Å². The van der Waals surface area contributed by atoms with Crippen LogP contribution in [0.3, 0.4) is 0 Å². The second-order valence-corrected chi connectivity index (χ2v) is 7.85. The zero-order chi connectivity index (χ0) is 25.9. The summed E-state index contributed by atoms with van der Waals surface area (Å²) in [6, 6.07) is 0. The minimum atomic E-state index is -0.740. The molecule has 0 rings (SSSR count). The summed E-state index contributed by atoms with van der Waals surface area (Å²) in [5.74, 6) is -2.96. The summed E-state index contributed by atoms with van der Waals surface area (Å²) in [6.45, 7) is 1.39. The Bertz CT molecular complexity index is 412. The van der Waals surface area contributed by atoms with Crippen molar-refractivity contribution in [3.8, 4) is 0 Å². The van der Waals surface area contributed by atoms with Gasteiger partial charge < -0.3 is 30.6 Å². The molecule has 0 heterocycles. The third-order valence-corrected chi connectivity index (χ3v) is 4.33. The van der Waals surface area contributed by atoms with E-state index in [1.54, 1.807) is 0 Å². The number of unbranched alkanes of at least 4 members (excludes halogenated alkanes) is 10. The van der Waals surface area contributed by atoms with Crippen LogP contribution in [0.5, 0.6) is 0 Å². The molecule has 0 saturated carbocycles. The monoisotopic (exact) mass is 480 g/mol. The van der Waals surface area contributed by atoms with Crippen molar-refractivity contribution < 1.29 is 49.8 Å². The van der Waals surface area contributed by atoms with Crippen molar-refractivity contribution in [3.05, 3.63) is 0 Å². The fourth-order valence-electron chi connectivity index (χ4n) is 2.52. The maximum absolute atomic E-state index is 10.1. The smallest absolute Gasteiger partial charge is 0.303 e. The number of carboxylic acids is 4. The first kappa shape index (κ1) is 35.4. The maximum atomic E-state index is 10.1. The SMILES string of the molecule is CC(O)CO.O=C(O)CCCCCCCCC(=O)O.O=C(O)CCCCCCCCC(=O)O. The van der Waals surface area contributed by atoms with Crippen LogP contribution in [0.1, 0.15) is 110 Å². The van der Waals surface area contributed by atoms with Gasteiger partial charge in [-0.05, 0) is 32.6 Å². The predicted octanol–water partition coefficient (Wildman–Crippen LogP) is 3.91. The Morgan fingerprint density at radius 2 is 0.636 bits per heavy atom. The molecule has 0 aliphatic carbocycles. The van der Waals surface area contributed by atoms with Gasteiger partial charge in [0.25, 0.3) is 0 Å². The van der Waals surface area contributed by atoms with E-state index in [0.717, 1.165) is 77.0 Å². The van der Waals surface area contributed by atoms with Crippen molar-refractivity contribution in [1.29, 1.82) is 0 Å². The lowest BCUT2D eigenvalue weighted by atomic mass is 10.1. The molecule has 1 unspecified atom stereocenters. The number of aliphatic hydroxyl groups excluding tert-OH is 2. The first-order valence-electron chi connectivity index (χ1n) is 11.7. The molecular weight excluding hydrogens is 436 g/mol. The molecule has 0 saturated heterocycles. The van der Waals surface area contributed by atoms with Crippen LogP contribution in [0.2, 0.25) is 0 Å². The summed E-state index contributed by atoms with van der Waals surface area (Å²) in [6.07, 6.45) is 11.1. The number of aliphatic carboxylic acids is 4. The predicted molar refractivity (Wildman–Crippen MR) is 123 cm³/mol. The van der Waals surface area contributed by atoms with Gasteiger partial charge in [-0.1, -0.05) is 51.4 Å². The highest BCUT2D eigenvalue weighted by atomic mass is 16.4. The first-order valence-corrected chi connectivity index (χ1v) is 11.7. The summed E-state index contributed by atoms with van der Waals surface area (Å²) in [7, 11) is 0. The molecule has 0 fully saturated rings. The third kappa shape index (κ3) is 48.5. The lowest BCUT2D eigenvalue weighted by Crippen LogP contribution is -2.03. The first-order chi connectivity index (χ1) is 15.5. The number of hydrogen-bond donors (Lipinski definition) is 6. The molecule has 0 aliphatic rings. The Morgan fingerprint density at radius 1 is 0.485 bits per heavy atom. The van der Waals surface area contributed by atoms with E-state index >= 15 is 0 Å². The van der Waals surface area contributed by atoms with E-state index in [2.05, 4.69) is 0 Å². The lowest BCUT2D eigenvalue weighted by Gasteiger charge is -1.98. The lowest BCUT2D eigenvalue weighted by molar-refractivity contribution is -0.138. The minimum Gasteiger partial charge on any atom is -0.481 e. The zero-order valence-electron chi connectivity index (χ0n) is 19.9. The van der Waals surface area contributed by atoms with Gasteiger partial charge in [0.05, 0.1) is 12.7 Å². The van der Waals surface area contributed by atoms with E-state index in [0.29, 0.717) is 0 Å². The average molecular weight is 481 g/mol. The maximum Gasteiger partial charge on any atom is 0.303 e. The fraction of sp³-hybridized carbons (Fsp3) is 0.826. The summed E-state index contributed by atoms with van der Waals surface area (Å²) < 4.78 is 0. The molecule has 1 atom stereocenters. The zero-order valence-corrected chi connectivity index (χ0v) is 19.9. The topological polar surface area (TPSA) is 190 Å². The van der Waals surface area contributed by atoms with Crippen molar-refractivity contribution in [1.82, 2.24) is 0 Å². The summed E-state index contributed by atoms with van der Waals surface area (Å²) in [4.78, 5) is 40.6. The molecule has 0 amide bonds. The van der Waals surface area contributed by atoms with Gasteiger partial charge in [-0.3, -0.25) is 19.2 Å². The normalized spacial score (nSPS) is 10.8. The highest BCUT2D eigenvalue weighted by Gasteiger charge is 1.99. The quantitative estimate of drug-likeness (QED) is 0.148. The molecule has 196 valence electrons. The minimum absolute atomic E-state index is 0.139. The summed E-state index contributed by atoms with van der Waals surface area (Å²) in [5, 5.41) is 49.4. The number of aliphatic hydroxyl groups is 2. The molecule has 0 aromatic rings. The van der Waals surface area contributed by atoms with Crippen LogP contribution >= 0.6 is 0 Å². The van der Waals surface area contributed by atoms with Crippen LogP contribution in [0, 0.1) is 0 Å². The number of carboxylic acid groups (broad SMARTS) is 4. The molecule has 0 radical (unpaired) electrons. The van der Waals surface area contributed by atoms with Gasteiger partial charge in [0.15, 0.2) is 0 Å². The van der Waals surface area contributed by atoms with Crippen LogP contribution in [-0.2, 0) is 19.2 Å². The Hall–Kier alpha value is -2.20. The third-order valence-electron chi connectivity index (χ3n) is 4.33. The Morgan fingerprint density at radius 3 is 0.758 bits per heavy atom. The van der Waals surface area contributed by atoms with E-state index in [9.17, 15) is 19.2 Å². The van der Waals surface area contributed by atoms with Gasteiger partial charge in [-0.15, -0.1) is 0 Å². The molecule has 10 nitrogen and oxygen atoms in total. The van der Waals surface area contributed by atoms with Crippen LogP contribution < -0.4 is 0 Å². The molecule has 0 aromatic heterocycles. The Labute approximate surface area is 196 Å². The van der Waals surface area contributed by atoms with Crippen LogP contribution in [-0.4, -0.2) is 67.2 Å². The average Bonchev–Trinajstić information content (AvgIpc) is 2.72. The summed E-state index contributed by atoms with van der Waals surface area (Å²) >= 11 is 0. The molecule has 0 bridgehead atoms. The van der Waals surface area contributed by atoms with Crippen molar-refractivity contribution in [3.63, 3.8) is 0 Å². The van der Waals surface area contributed by atoms with Crippen molar-refractivity contribution in [2.45, 2.75) is 116 Å².